The third-order valence-corrected chi connectivity index (χ3v) is 4.00. The molecule has 1 aliphatic rings. The van der Waals surface area contributed by atoms with Gasteiger partial charge >= 0.3 is 0 Å². The number of nitro groups is 1. The molecule has 0 aromatic heterocycles. The van der Waals surface area contributed by atoms with Gasteiger partial charge in [-0.05, 0) is 44.2 Å². The Hall–Kier alpha value is -1.62. The molecule has 0 unspecified atom stereocenters. The molecule has 5 heteroatoms. The molecule has 0 amide bonds. The molecule has 0 atom stereocenters. The number of nitro benzene ring substituents is 1. The van der Waals surface area contributed by atoms with Crippen molar-refractivity contribution in [1.29, 1.82) is 0 Å². The van der Waals surface area contributed by atoms with Crippen LogP contribution in [-0.4, -0.2) is 24.1 Å². The Morgan fingerprint density at radius 3 is 2.53 bits per heavy atom. The monoisotopic (exact) mass is 263 g/mol. The Labute approximate surface area is 113 Å². The van der Waals surface area contributed by atoms with E-state index < -0.39 is 0 Å². The highest BCUT2D eigenvalue weighted by Crippen LogP contribution is 2.33. The molecular formula is C14H21N3O2. The lowest BCUT2D eigenvalue weighted by Gasteiger charge is -2.34. The van der Waals surface area contributed by atoms with E-state index in [0.29, 0.717) is 11.7 Å². The molecule has 19 heavy (non-hydrogen) atoms. The van der Waals surface area contributed by atoms with Gasteiger partial charge in [-0.25, -0.2) is 0 Å². The minimum Gasteiger partial charge on any atom is -0.366 e. The number of nitrogens with zero attached hydrogens (tertiary/aromatic N) is 2. The molecule has 1 aromatic carbocycles. The Morgan fingerprint density at radius 2 is 1.95 bits per heavy atom. The van der Waals surface area contributed by atoms with Gasteiger partial charge in [-0.3, -0.25) is 10.1 Å². The molecule has 1 saturated carbocycles. The minimum absolute atomic E-state index is 0.183. The van der Waals surface area contributed by atoms with Crippen molar-refractivity contribution in [2.45, 2.75) is 44.7 Å². The Kier molecular flexibility index (Phi) is 4.04. The molecule has 104 valence electrons. The smallest absolute Gasteiger partial charge is 0.292 e. The second kappa shape index (κ2) is 5.57. The van der Waals surface area contributed by atoms with Gasteiger partial charge in [0, 0.05) is 25.2 Å². The molecule has 0 spiro atoms. The zero-order chi connectivity index (χ0) is 14.0. The Bertz CT molecular complexity index is 468. The summed E-state index contributed by atoms with van der Waals surface area (Å²) in [7, 11) is 1.95. The van der Waals surface area contributed by atoms with E-state index in [9.17, 15) is 10.1 Å². The molecule has 1 fully saturated rings. The van der Waals surface area contributed by atoms with Crippen LogP contribution >= 0.6 is 0 Å². The number of hydrogen-bond donors (Lipinski definition) is 1. The van der Waals surface area contributed by atoms with Crippen LogP contribution in [0.2, 0.25) is 0 Å². The lowest BCUT2D eigenvalue weighted by Crippen LogP contribution is -2.39. The van der Waals surface area contributed by atoms with E-state index >= 15 is 0 Å². The molecule has 0 saturated heterocycles. The van der Waals surface area contributed by atoms with Gasteiger partial charge in [-0.15, -0.1) is 0 Å². The minimum atomic E-state index is -0.306. The van der Waals surface area contributed by atoms with Crippen molar-refractivity contribution in [2.75, 3.05) is 11.9 Å². The maximum absolute atomic E-state index is 11.1. The number of hydrogen-bond acceptors (Lipinski definition) is 4. The van der Waals surface area contributed by atoms with E-state index in [2.05, 4.69) is 4.90 Å². The number of aryl methyl sites for hydroxylation is 1. The van der Waals surface area contributed by atoms with Crippen molar-refractivity contribution >= 4 is 11.4 Å². The quantitative estimate of drug-likeness (QED) is 0.672. The highest BCUT2D eigenvalue weighted by molar-refractivity contribution is 5.64. The van der Waals surface area contributed by atoms with Gasteiger partial charge in [0.2, 0.25) is 0 Å². The van der Waals surface area contributed by atoms with E-state index in [0.717, 1.165) is 31.2 Å². The van der Waals surface area contributed by atoms with Gasteiger partial charge in [0.25, 0.3) is 5.69 Å². The van der Waals surface area contributed by atoms with Crippen LogP contribution in [0.15, 0.2) is 18.2 Å². The summed E-state index contributed by atoms with van der Waals surface area (Å²) in [4.78, 5) is 12.9. The van der Waals surface area contributed by atoms with E-state index in [1.165, 1.54) is 0 Å². The maximum Gasteiger partial charge on any atom is 0.292 e. The predicted octanol–water partition coefficient (Wildman–Crippen LogP) is 2.61. The summed E-state index contributed by atoms with van der Waals surface area (Å²) in [5, 5.41) is 11.1. The topological polar surface area (TPSA) is 72.4 Å². The average Bonchev–Trinajstić information content (AvgIpc) is 2.38. The number of nitrogens with two attached hydrogens (primary N) is 1. The first-order valence-electron chi connectivity index (χ1n) is 6.72. The first-order valence-corrected chi connectivity index (χ1v) is 6.72. The molecule has 2 N–H and O–H groups in total. The Morgan fingerprint density at radius 1 is 1.32 bits per heavy atom. The fourth-order valence-electron chi connectivity index (χ4n) is 2.76. The van der Waals surface area contributed by atoms with Crippen molar-refractivity contribution in [3.8, 4) is 0 Å². The van der Waals surface area contributed by atoms with E-state index in [4.69, 9.17) is 5.73 Å². The highest BCUT2D eigenvalue weighted by Gasteiger charge is 2.26. The first-order chi connectivity index (χ1) is 8.99. The van der Waals surface area contributed by atoms with Gasteiger partial charge in [-0.2, -0.15) is 0 Å². The summed E-state index contributed by atoms with van der Waals surface area (Å²) < 4.78 is 0. The summed E-state index contributed by atoms with van der Waals surface area (Å²) in [6.07, 6.45) is 3.99. The molecule has 0 aliphatic heterocycles. The van der Waals surface area contributed by atoms with Crippen molar-refractivity contribution in [2.24, 2.45) is 5.73 Å². The molecule has 5 nitrogen and oxygen atoms in total. The summed E-state index contributed by atoms with van der Waals surface area (Å²) in [5.74, 6) is 0. The van der Waals surface area contributed by atoms with Gasteiger partial charge in [0.1, 0.15) is 5.69 Å². The zero-order valence-electron chi connectivity index (χ0n) is 11.5. The fourth-order valence-corrected chi connectivity index (χ4v) is 2.76. The zero-order valence-corrected chi connectivity index (χ0v) is 11.5. The fraction of sp³-hybridized carbons (Fsp3) is 0.571. The van der Waals surface area contributed by atoms with Crippen LogP contribution in [0.25, 0.3) is 0 Å². The number of rotatable bonds is 3. The van der Waals surface area contributed by atoms with Crippen molar-refractivity contribution in [1.82, 2.24) is 0 Å². The molecule has 1 aliphatic carbocycles. The van der Waals surface area contributed by atoms with Crippen LogP contribution in [0.5, 0.6) is 0 Å². The summed E-state index contributed by atoms with van der Waals surface area (Å²) >= 11 is 0. The van der Waals surface area contributed by atoms with E-state index in [1.807, 2.05) is 20.0 Å². The predicted molar refractivity (Wildman–Crippen MR) is 76.5 cm³/mol. The van der Waals surface area contributed by atoms with Crippen LogP contribution < -0.4 is 10.6 Å². The van der Waals surface area contributed by atoms with Gasteiger partial charge < -0.3 is 10.6 Å². The van der Waals surface area contributed by atoms with Gasteiger partial charge in [0.15, 0.2) is 0 Å². The van der Waals surface area contributed by atoms with Crippen LogP contribution in [-0.2, 0) is 0 Å². The second-order valence-electron chi connectivity index (χ2n) is 5.43. The normalized spacial score (nSPS) is 23.1. The van der Waals surface area contributed by atoms with E-state index in [-0.39, 0.29) is 16.7 Å². The molecule has 2 rings (SSSR count). The second-order valence-corrected chi connectivity index (χ2v) is 5.43. The standard InChI is InChI=1S/C14H21N3O2/c1-10-3-8-13(17(18)19)14(9-10)16(2)12-6-4-11(15)5-7-12/h3,8-9,11-12H,4-7,15H2,1-2H3. The lowest BCUT2D eigenvalue weighted by molar-refractivity contribution is -0.384. The third-order valence-electron chi connectivity index (χ3n) is 4.00. The Balaban J connectivity index is 2.25. The van der Waals surface area contributed by atoms with Gasteiger partial charge in [-0.1, -0.05) is 6.07 Å². The van der Waals surface area contributed by atoms with Crippen molar-refractivity contribution < 1.29 is 4.92 Å². The van der Waals surface area contributed by atoms with Crippen LogP contribution in [0.1, 0.15) is 31.2 Å². The summed E-state index contributed by atoms with van der Waals surface area (Å²) in [6, 6.07) is 5.91. The van der Waals surface area contributed by atoms with E-state index in [1.54, 1.807) is 12.1 Å². The molecule has 0 radical (unpaired) electrons. The SMILES string of the molecule is Cc1ccc([N+](=O)[O-])c(N(C)C2CCC(N)CC2)c1. The molecule has 0 heterocycles. The van der Waals surface area contributed by atoms with Crippen molar-refractivity contribution in [3.63, 3.8) is 0 Å². The van der Waals surface area contributed by atoms with Crippen LogP contribution in [0.4, 0.5) is 11.4 Å². The first kappa shape index (κ1) is 13.8. The maximum atomic E-state index is 11.1. The number of anilines is 1. The largest absolute Gasteiger partial charge is 0.366 e. The third kappa shape index (κ3) is 3.04. The van der Waals surface area contributed by atoms with Crippen molar-refractivity contribution in [3.05, 3.63) is 33.9 Å². The number of benzene rings is 1. The van der Waals surface area contributed by atoms with Gasteiger partial charge in [0.05, 0.1) is 4.92 Å². The molecule has 0 bridgehead atoms. The highest BCUT2D eigenvalue weighted by atomic mass is 16.6. The molecular weight excluding hydrogens is 242 g/mol. The lowest BCUT2D eigenvalue weighted by atomic mass is 9.90. The summed E-state index contributed by atoms with van der Waals surface area (Å²) in [6.45, 7) is 1.96. The molecule has 1 aromatic rings. The van der Waals surface area contributed by atoms with Crippen LogP contribution in [0, 0.1) is 17.0 Å². The average molecular weight is 263 g/mol. The van der Waals surface area contributed by atoms with Crippen LogP contribution in [0.3, 0.4) is 0 Å². The summed E-state index contributed by atoms with van der Waals surface area (Å²) in [5.41, 5.74) is 7.85.